The molecule has 0 unspecified atom stereocenters. The van der Waals surface area contributed by atoms with Crippen LogP contribution in [0.15, 0.2) is 0 Å². The van der Waals surface area contributed by atoms with Gasteiger partial charge in [-0.1, -0.05) is 20.3 Å². The van der Waals surface area contributed by atoms with Crippen LogP contribution in [0.2, 0.25) is 0 Å². The van der Waals surface area contributed by atoms with Crippen molar-refractivity contribution in [2.24, 2.45) is 39.9 Å². The van der Waals surface area contributed by atoms with E-state index < -0.39 is 58.7 Å². The van der Waals surface area contributed by atoms with Crippen molar-refractivity contribution in [3.05, 3.63) is 0 Å². The topological polar surface area (TPSA) is 123 Å². The van der Waals surface area contributed by atoms with Crippen molar-refractivity contribution in [1.29, 1.82) is 0 Å². The van der Waals surface area contributed by atoms with Crippen molar-refractivity contribution in [1.82, 2.24) is 0 Å². The molecular formula is C23H34O8. The third kappa shape index (κ3) is 2.28. The molecule has 31 heavy (non-hydrogen) atoms. The van der Waals surface area contributed by atoms with Crippen LogP contribution in [0, 0.1) is 39.9 Å². The van der Waals surface area contributed by atoms with Crippen LogP contribution in [0.25, 0.3) is 0 Å². The van der Waals surface area contributed by atoms with E-state index in [1.165, 1.54) is 14.0 Å². The predicted octanol–water partition coefficient (Wildman–Crippen LogP) is 0.653. The Morgan fingerprint density at radius 2 is 1.90 bits per heavy atom. The number of esters is 1. The summed E-state index contributed by atoms with van der Waals surface area (Å²) in [5.41, 5.74) is -2.75. The van der Waals surface area contributed by atoms with Gasteiger partial charge in [0.2, 0.25) is 5.79 Å². The summed E-state index contributed by atoms with van der Waals surface area (Å²) in [5.74, 6) is -5.21. The molecule has 6 rings (SSSR count). The lowest BCUT2D eigenvalue weighted by molar-refractivity contribution is -0.456. The van der Waals surface area contributed by atoms with Crippen molar-refractivity contribution in [2.45, 2.75) is 70.6 Å². The summed E-state index contributed by atoms with van der Waals surface area (Å²) < 4.78 is 17.1. The second kappa shape index (κ2) is 6.50. The van der Waals surface area contributed by atoms with Gasteiger partial charge in [-0.05, 0) is 24.7 Å². The molecule has 3 N–H and O–H groups in total. The fourth-order valence-electron chi connectivity index (χ4n) is 8.90. The summed E-state index contributed by atoms with van der Waals surface area (Å²) >= 11 is 0. The minimum Gasteiger partial charge on any atom is -0.462 e. The Hall–Kier alpha value is -1.06. The van der Waals surface area contributed by atoms with Gasteiger partial charge in [-0.2, -0.15) is 0 Å². The zero-order chi connectivity index (χ0) is 22.6. The number of aliphatic hydroxyl groups excluding tert-OH is 2. The Morgan fingerprint density at radius 1 is 1.19 bits per heavy atom. The standard InChI is InChI=1S/C23H34O8/c1-11(24)31-14-8-12-13(9-29-4)18(26)22(17(12)25)15(14)21-7-5-6-20(2,3)16(21)19(27)23(22,28)30-10-21/h12-17,19,25,27-28H,5-10H2,1-4H3/t12-,13-,14-,15-,16+,17+,19-,21+,22+,23-/m0/s1. The zero-order valence-electron chi connectivity index (χ0n) is 18.7. The molecule has 2 aliphatic heterocycles. The first-order valence-corrected chi connectivity index (χ1v) is 11.4. The SMILES string of the molecule is COC[C@@H]1C(=O)[C@]23[C@H](O)[C@H]1C[C@H](OC(C)=O)[C@H]2[C@]12CCCC(C)(C)[C@H]1[C@H](O)[C@]3(O)OC2. The minimum absolute atomic E-state index is 0.0932. The molecule has 4 bridgehead atoms. The number of hydrogen-bond acceptors (Lipinski definition) is 8. The van der Waals surface area contributed by atoms with Crippen molar-refractivity contribution in [3.8, 4) is 0 Å². The number of carbonyl (C=O) groups is 2. The number of ketones is 1. The van der Waals surface area contributed by atoms with Gasteiger partial charge in [0.15, 0.2) is 5.78 Å². The van der Waals surface area contributed by atoms with Gasteiger partial charge in [-0.25, -0.2) is 0 Å². The average molecular weight is 439 g/mol. The molecule has 8 heteroatoms. The number of carbonyl (C=O) groups excluding carboxylic acids is 2. The fraction of sp³-hybridized carbons (Fsp3) is 0.913. The molecule has 2 heterocycles. The molecule has 2 spiro atoms. The Labute approximate surface area is 182 Å². The zero-order valence-corrected chi connectivity index (χ0v) is 18.7. The van der Waals surface area contributed by atoms with Crippen LogP contribution in [0.3, 0.4) is 0 Å². The van der Waals surface area contributed by atoms with Gasteiger partial charge in [-0.3, -0.25) is 9.59 Å². The molecular weight excluding hydrogens is 404 g/mol. The maximum atomic E-state index is 14.0. The summed E-state index contributed by atoms with van der Waals surface area (Å²) in [7, 11) is 1.49. The smallest absolute Gasteiger partial charge is 0.302 e. The van der Waals surface area contributed by atoms with Crippen LogP contribution in [0.5, 0.6) is 0 Å². The van der Waals surface area contributed by atoms with Crippen LogP contribution in [0.4, 0.5) is 0 Å². The largest absolute Gasteiger partial charge is 0.462 e. The van der Waals surface area contributed by atoms with Gasteiger partial charge in [-0.15, -0.1) is 0 Å². The fourth-order valence-corrected chi connectivity index (χ4v) is 8.90. The van der Waals surface area contributed by atoms with Crippen LogP contribution >= 0.6 is 0 Å². The van der Waals surface area contributed by atoms with Crippen molar-refractivity contribution >= 4 is 11.8 Å². The van der Waals surface area contributed by atoms with Gasteiger partial charge in [0, 0.05) is 43.1 Å². The van der Waals surface area contributed by atoms with E-state index in [9.17, 15) is 24.9 Å². The van der Waals surface area contributed by atoms with E-state index in [4.69, 9.17) is 14.2 Å². The summed E-state index contributed by atoms with van der Waals surface area (Å²) in [6, 6.07) is 0. The Balaban J connectivity index is 1.77. The van der Waals surface area contributed by atoms with Crippen LogP contribution < -0.4 is 0 Å². The highest BCUT2D eigenvalue weighted by atomic mass is 16.6. The average Bonchev–Trinajstić information content (AvgIpc) is 2.79. The first-order chi connectivity index (χ1) is 14.5. The van der Waals surface area contributed by atoms with E-state index in [-0.39, 0.29) is 30.3 Å². The van der Waals surface area contributed by atoms with Gasteiger partial charge < -0.3 is 29.5 Å². The van der Waals surface area contributed by atoms with Crippen molar-refractivity contribution in [2.75, 3.05) is 20.3 Å². The van der Waals surface area contributed by atoms with E-state index in [0.29, 0.717) is 12.8 Å². The monoisotopic (exact) mass is 438 g/mol. The van der Waals surface area contributed by atoms with Crippen molar-refractivity contribution < 1.29 is 39.1 Å². The Morgan fingerprint density at radius 3 is 2.55 bits per heavy atom. The number of rotatable bonds is 3. The molecule has 4 aliphatic carbocycles. The molecule has 0 aromatic rings. The molecule has 0 amide bonds. The van der Waals surface area contributed by atoms with Crippen LogP contribution in [-0.4, -0.2) is 71.5 Å². The second-order valence-corrected chi connectivity index (χ2v) is 11.2. The Bertz CT molecular complexity index is 811. The highest BCUT2D eigenvalue weighted by molar-refractivity contribution is 5.93. The van der Waals surface area contributed by atoms with E-state index >= 15 is 0 Å². The number of methoxy groups -OCH3 is 1. The second-order valence-electron chi connectivity index (χ2n) is 11.2. The molecule has 6 aliphatic rings. The van der Waals surface area contributed by atoms with Crippen LogP contribution in [-0.2, 0) is 23.8 Å². The number of ether oxygens (including phenoxy) is 3. The molecule has 2 saturated heterocycles. The molecule has 6 fully saturated rings. The first-order valence-electron chi connectivity index (χ1n) is 11.4. The maximum absolute atomic E-state index is 14.0. The molecule has 0 aromatic carbocycles. The number of aliphatic hydroxyl groups is 3. The van der Waals surface area contributed by atoms with Gasteiger partial charge in [0.25, 0.3) is 0 Å². The molecule has 174 valence electrons. The van der Waals surface area contributed by atoms with E-state index in [1.807, 2.05) is 0 Å². The number of fused-ring (bicyclic) bond motifs is 2. The molecule has 10 atom stereocenters. The third-order valence-corrected chi connectivity index (χ3v) is 9.58. The van der Waals surface area contributed by atoms with Crippen molar-refractivity contribution in [3.63, 3.8) is 0 Å². The quantitative estimate of drug-likeness (QED) is 0.549. The first kappa shape index (κ1) is 21.8. The van der Waals surface area contributed by atoms with Gasteiger partial charge >= 0.3 is 5.97 Å². The lowest BCUT2D eigenvalue weighted by Crippen LogP contribution is -2.85. The molecule has 4 saturated carbocycles. The predicted molar refractivity (Wildman–Crippen MR) is 106 cm³/mol. The summed E-state index contributed by atoms with van der Waals surface area (Å²) in [4.78, 5) is 26.1. The normalized spacial score (nSPS) is 54.3. The van der Waals surface area contributed by atoms with E-state index in [1.54, 1.807) is 0 Å². The molecule has 0 aromatic heterocycles. The minimum atomic E-state index is -2.24. The molecule has 0 radical (unpaired) electrons. The van der Waals surface area contributed by atoms with Crippen LogP contribution in [0.1, 0.15) is 46.5 Å². The summed E-state index contributed by atoms with van der Waals surface area (Å²) in [6.45, 7) is 5.75. The van der Waals surface area contributed by atoms with E-state index in [0.717, 1.165) is 12.8 Å². The summed E-state index contributed by atoms with van der Waals surface area (Å²) in [6.07, 6.45) is -0.436. The van der Waals surface area contributed by atoms with Gasteiger partial charge in [0.05, 0.1) is 19.3 Å². The summed E-state index contributed by atoms with van der Waals surface area (Å²) in [5, 5.41) is 35.1. The third-order valence-electron chi connectivity index (χ3n) is 9.58. The van der Waals surface area contributed by atoms with E-state index in [2.05, 4.69) is 13.8 Å². The number of Topliss-reactive ketones (excluding diaryl/α,β-unsaturated/α-hetero) is 1. The Kier molecular flexibility index (Phi) is 4.57. The maximum Gasteiger partial charge on any atom is 0.302 e. The van der Waals surface area contributed by atoms with Gasteiger partial charge in [0.1, 0.15) is 17.6 Å². The lowest BCUT2D eigenvalue weighted by Gasteiger charge is -2.74. The number of hydrogen-bond donors (Lipinski definition) is 3. The molecule has 8 nitrogen and oxygen atoms in total. The highest BCUT2D eigenvalue weighted by Gasteiger charge is 2.88. The lowest BCUT2D eigenvalue weighted by atomic mass is 9.36. The highest BCUT2D eigenvalue weighted by Crippen LogP contribution is 2.76.